The molecule has 1 unspecified atom stereocenters. The fourth-order valence-corrected chi connectivity index (χ4v) is 3.14. The topological polar surface area (TPSA) is 12.0 Å². The van der Waals surface area contributed by atoms with Gasteiger partial charge in [0.1, 0.15) is 0 Å². The van der Waals surface area contributed by atoms with Crippen LogP contribution in [0.2, 0.25) is 0 Å². The summed E-state index contributed by atoms with van der Waals surface area (Å²) in [7, 11) is 2.02. The molecule has 0 heterocycles. The maximum Gasteiger partial charge on any atom is 0.0359 e. The molecule has 0 bridgehead atoms. The van der Waals surface area contributed by atoms with Crippen molar-refractivity contribution in [2.24, 2.45) is 0 Å². The van der Waals surface area contributed by atoms with Gasteiger partial charge in [0.05, 0.1) is 0 Å². The highest BCUT2D eigenvalue weighted by molar-refractivity contribution is 9.10. The van der Waals surface area contributed by atoms with E-state index in [-0.39, 0.29) is 0 Å². The summed E-state index contributed by atoms with van der Waals surface area (Å²) in [6.07, 6.45) is 0.969. The van der Waals surface area contributed by atoms with E-state index in [1.54, 1.807) is 0 Å². The lowest BCUT2D eigenvalue weighted by atomic mass is 9.96. The molecule has 3 aromatic rings. The predicted octanol–water partition coefficient (Wildman–Crippen LogP) is 5.11. The molecule has 106 valence electrons. The Balaban J connectivity index is 1.93. The average molecular weight is 340 g/mol. The number of benzene rings is 3. The second-order valence-electron chi connectivity index (χ2n) is 5.24. The summed E-state index contributed by atoms with van der Waals surface area (Å²) in [4.78, 5) is 0. The summed E-state index contributed by atoms with van der Waals surface area (Å²) in [5.74, 6) is 0. The minimum atomic E-state index is 0.313. The number of hydrogen-bond donors (Lipinski definition) is 1. The first-order chi connectivity index (χ1) is 10.3. The standard InChI is InChI=1S/C19H18BrN/c1-21-19(13-16-8-4-5-9-18(16)20)17-11-10-14-6-2-3-7-15(14)12-17/h2-12,19,21H,13H2,1H3. The van der Waals surface area contributed by atoms with E-state index in [4.69, 9.17) is 0 Å². The van der Waals surface area contributed by atoms with Crippen LogP contribution >= 0.6 is 15.9 Å². The molecule has 2 heteroatoms. The Kier molecular flexibility index (Phi) is 4.37. The van der Waals surface area contributed by atoms with Crippen LogP contribution in [-0.2, 0) is 6.42 Å². The van der Waals surface area contributed by atoms with E-state index in [1.807, 2.05) is 7.05 Å². The lowest BCUT2D eigenvalue weighted by Crippen LogP contribution is -2.19. The van der Waals surface area contributed by atoms with Gasteiger partial charge in [-0.25, -0.2) is 0 Å². The second-order valence-corrected chi connectivity index (χ2v) is 6.10. The van der Waals surface area contributed by atoms with Crippen molar-refractivity contribution >= 4 is 26.7 Å². The van der Waals surface area contributed by atoms with Gasteiger partial charge >= 0.3 is 0 Å². The lowest BCUT2D eigenvalue weighted by molar-refractivity contribution is 0.591. The Morgan fingerprint density at radius 2 is 1.62 bits per heavy atom. The SMILES string of the molecule is CNC(Cc1ccccc1Br)c1ccc2ccccc2c1. The molecule has 1 N–H and O–H groups in total. The van der Waals surface area contributed by atoms with Crippen LogP contribution in [0, 0.1) is 0 Å². The minimum absolute atomic E-state index is 0.313. The van der Waals surface area contributed by atoms with Crippen molar-refractivity contribution in [3.8, 4) is 0 Å². The van der Waals surface area contributed by atoms with Gasteiger partial charge in [0.25, 0.3) is 0 Å². The van der Waals surface area contributed by atoms with Gasteiger partial charge in [-0.05, 0) is 47.5 Å². The molecule has 1 nitrogen and oxygen atoms in total. The van der Waals surface area contributed by atoms with Crippen molar-refractivity contribution in [2.75, 3.05) is 7.05 Å². The van der Waals surface area contributed by atoms with Crippen LogP contribution in [0.3, 0.4) is 0 Å². The molecule has 0 aliphatic rings. The minimum Gasteiger partial charge on any atom is -0.313 e. The number of hydrogen-bond acceptors (Lipinski definition) is 1. The maximum absolute atomic E-state index is 3.64. The van der Waals surface area contributed by atoms with Crippen LogP contribution in [0.4, 0.5) is 0 Å². The Labute approximate surface area is 134 Å². The summed E-state index contributed by atoms with van der Waals surface area (Å²) < 4.78 is 1.17. The molecule has 0 aliphatic carbocycles. The molecule has 0 amide bonds. The Morgan fingerprint density at radius 1 is 0.905 bits per heavy atom. The third-order valence-corrected chi connectivity index (χ3v) is 4.68. The van der Waals surface area contributed by atoms with E-state index in [1.165, 1.54) is 26.4 Å². The van der Waals surface area contributed by atoms with Crippen molar-refractivity contribution in [2.45, 2.75) is 12.5 Å². The average Bonchev–Trinajstić information content (AvgIpc) is 2.54. The van der Waals surface area contributed by atoms with Crippen molar-refractivity contribution in [1.82, 2.24) is 5.32 Å². The van der Waals surface area contributed by atoms with Gasteiger partial charge in [-0.3, -0.25) is 0 Å². The van der Waals surface area contributed by atoms with Crippen molar-refractivity contribution in [3.05, 3.63) is 82.3 Å². The van der Waals surface area contributed by atoms with Crippen LogP contribution in [0.1, 0.15) is 17.2 Å². The van der Waals surface area contributed by atoms with Gasteiger partial charge in [-0.1, -0.05) is 70.5 Å². The van der Waals surface area contributed by atoms with Gasteiger partial charge in [0.15, 0.2) is 0 Å². The van der Waals surface area contributed by atoms with E-state index in [0.29, 0.717) is 6.04 Å². The first-order valence-corrected chi connectivity index (χ1v) is 7.96. The quantitative estimate of drug-likeness (QED) is 0.696. The number of rotatable bonds is 4. The molecule has 0 radical (unpaired) electrons. The third kappa shape index (κ3) is 3.17. The van der Waals surface area contributed by atoms with Gasteiger partial charge in [0.2, 0.25) is 0 Å². The Hall–Kier alpha value is -1.64. The highest BCUT2D eigenvalue weighted by Gasteiger charge is 2.12. The molecule has 0 saturated carbocycles. The maximum atomic E-state index is 3.64. The summed E-state index contributed by atoms with van der Waals surface area (Å²) in [6, 6.07) is 23.9. The predicted molar refractivity (Wildman–Crippen MR) is 93.6 cm³/mol. The fourth-order valence-electron chi connectivity index (χ4n) is 2.69. The van der Waals surface area contributed by atoms with Gasteiger partial charge in [-0.15, -0.1) is 0 Å². The largest absolute Gasteiger partial charge is 0.313 e. The highest BCUT2D eigenvalue weighted by atomic mass is 79.9. The van der Waals surface area contributed by atoms with E-state index in [2.05, 4.69) is 88.0 Å². The zero-order chi connectivity index (χ0) is 14.7. The van der Waals surface area contributed by atoms with E-state index in [0.717, 1.165) is 6.42 Å². The molecule has 3 aromatic carbocycles. The Bertz CT molecular complexity index is 751. The van der Waals surface area contributed by atoms with Crippen LogP contribution in [0.5, 0.6) is 0 Å². The van der Waals surface area contributed by atoms with Gasteiger partial charge in [0, 0.05) is 10.5 Å². The van der Waals surface area contributed by atoms with E-state index >= 15 is 0 Å². The molecular weight excluding hydrogens is 322 g/mol. The first kappa shape index (κ1) is 14.3. The lowest BCUT2D eigenvalue weighted by Gasteiger charge is -2.18. The monoisotopic (exact) mass is 339 g/mol. The number of fused-ring (bicyclic) bond motifs is 1. The second kappa shape index (κ2) is 6.42. The van der Waals surface area contributed by atoms with Gasteiger partial charge < -0.3 is 5.32 Å². The Morgan fingerprint density at radius 3 is 2.38 bits per heavy atom. The number of nitrogens with one attached hydrogen (secondary N) is 1. The van der Waals surface area contributed by atoms with Crippen LogP contribution in [-0.4, -0.2) is 7.05 Å². The summed E-state index contributed by atoms with van der Waals surface area (Å²) in [6.45, 7) is 0. The molecule has 1 atom stereocenters. The van der Waals surface area contributed by atoms with Crippen molar-refractivity contribution in [1.29, 1.82) is 0 Å². The summed E-state index contributed by atoms with van der Waals surface area (Å²) in [5.41, 5.74) is 2.65. The van der Waals surface area contributed by atoms with Crippen molar-refractivity contribution in [3.63, 3.8) is 0 Å². The van der Waals surface area contributed by atoms with Crippen LogP contribution in [0.25, 0.3) is 10.8 Å². The molecular formula is C19H18BrN. The highest BCUT2D eigenvalue weighted by Crippen LogP contribution is 2.26. The number of likely N-dealkylation sites (N-methyl/N-ethyl adjacent to an activating group) is 1. The van der Waals surface area contributed by atoms with Crippen molar-refractivity contribution < 1.29 is 0 Å². The molecule has 3 rings (SSSR count). The molecule has 0 aliphatic heterocycles. The summed E-state index contributed by atoms with van der Waals surface area (Å²) in [5, 5.41) is 6.02. The zero-order valence-electron chi connectivity index (χ0n) is 12.0. The smallest absolute Gasteiger partial charge is 0.0359 e. The van der Waals surface area contributed by atoms with E-state index in [9.17, 15) is 0 Å². The molecule has 0 saturated heterocycles. The molecule has 21 heavy (non-hydrogen) atoms. The fraction of sp³-hybridized carbons (Fsp3) is 0.158. The molecule has 0 spiro atoms. The zero-order valence-corrected chi connectivity index (χ0v) is 13.6. The van der Waals surface area contributed by atoms with Gasteiger partial charge in [-0.2, -0.15) is 0 Å². The normalized spacial score (nSPS) is 12.5. The third-order valence-electron chi connectivity index (χ3n) is 3.91. The first-order valence-electron chi connectivity index (χ1n) is 7.17. The summed E-state index contributed by atoms with van der Waals surface area (Å²) >= 11 is 3.64. The molecule has 0 aromatic heterocycles. The van der Waals surface area contributed by atoms with Crippen LogP contribution < -0.4 is 5.32 Å². The van der Waals surface area contributed by atoms with Crippen LogP contribution in [0.15, 0.2) is 71.2 Å². The van der Waals surface area contributed by atoms with E-state index < -0.39 is 0 Å². The number of halogens is 1. The molecule has 0 fully saturated rings.